The molecule has 1 fully saturated rings. The van der Waals surface area contributed by atoms with Crippen molar-refractivity contribution in [1.82, 2.24) is 14.9 Å². The van der Waals surface area contributed by atoms with Gasteiger partial charge in [-0.05, 0) is 36.6 Å². The van der Waals surface area contributed by atoms with Crippen LogP contribution in [0.15, 0.2) is 5.38 Å². The highest BCUT2D eigenvalue weighted by Gasteiger charge is 2.21. The molecule has 0 aromatic carbocycles. The minimum atomic E-state index is 0.281. The Morgan fingerprint density at radius 3 is 2.83 bits per heavy atom. The number of aromatic nitrogens is 2. The number of likely N-dealkylation sites (tertiary alicyclic amines) is 1. The highest BCUT2D eigenvalue weighted by Crippen LogP contribution is 2.33. The second-order valence-electron chi connectivity index (χ2n) is 7.04. The number of rotatable bonds is 6. The number of likely N-dealkylation sites (N-methyl/N-ethyl adjacent to an activating group) is 1. The summed E-state index contributed by atoms with van der Waals surface area (Å²) in [4.78, 5) is 26.4. The van der Waals surface area contributed by atoms with Crippen molar-refractivity contribution in [3.63, 3.8) is 0 Å². The van der Waals surface area contributed by atoms with E-state index in [2.05, 4.69) is 36.2 Å². The summed E-state index contributed by atoms with van der Waals surface area (Å²) in [5, 5.41) is 3.41. The van der Waals surface area contributed by atoms with Gasteiger partial charge >= 0.3 is 0 Å². The van der Waals surface area contributed by atoms with E-state index in [0.717, 1.165) is 48.9 Å². The summed E-state index contributed by atoms with van der Waals surface area (Å²) < 4.78 is 0. The third kappa shape index (κ3) is 3.53. The molecule has 1 aliphatic heterocycles. The van der Waals surface area contributed by atoms with Gasteiger partial charge < -0.3 is 9.80 Å². The van der Waals surface area contributed by atoms with Crippen LogP contribution >= 0.6 is 11.3 Å². The summed E-state index contributed by atoms with van der Waals surface area (Å²) in [6.45, 7) is 8.88. The Morgan fingerprint density at radius 1 is 1.38 bits per heavy atom. The summed E-state index contributed by atoms with van der Waals surface area (Å²) in [5.41, 5.74) is 1.34. The molecule has 0 N–H and O–H groups in total. The van der Waals surface area contributed by atoms with Gasteiger partial charge in [-0.1, -0.05) is 13.8 Å². The second-order valence-corrected chi connectivity index (χ2v) is 7.90. The van der Waals surface area contributed by atoms with Crippen LogP contribution in [0, 0.1) is 12.8 Å². The molecule has 0 unspecified atom stereocenters. The standard InChI is InChI=1S/C18H26N4OS/c1-12(2)10-14-11-24-18-16(14)17(19-13(3)20-18)21(4)8-9-22-7-5-6-15(22)23/h11-12H,5-10H2,1-4H3. The van der Waals surface area contributed by atoms with E-state index in [0.29, 0.717) is 12.3 Å². The Balaban J connectivity index is 1.86. The lowest BCUT2D eigenvalue weighted by molar-refractivity contribution is -0.127. The summed E-state index contributed by atoms with van der Waals surface area (Å²) >= 11 is 1.70. The van der Waals surface area contributed by atoms with E-state index >= 15 is 0 Å². The van der Waals surface area contributed by atoms with Crippen molar-refractivity contribution in [3.8, 4) is 0 Å². The van der Waals surface area contributed by atoms with Crippen LogP contribution in [-0.4, -0.2) is 47.5 Å². The predicted octanol–water partition coefficient (Wildman–Crippen LogP) is 3.26. The average Bonchev–Trinajstić information content (AvgIpc) is 3.10. The minimum absolute atomic E-state index is 0.281. The average molecular weight is 346 g/mol. The van der Waals surface area contributed by atoms with Gasteiger partial charge in [-0.2, -0.15) is 0 Å². The van der Waals surface area contributed by atoms with Gasteiger partial charge in [-0.3, -0.25) is 4.79 Å². The maximum Gasteiger partial charge on any atom is 0.222 e. The SMILES string of the molecule is Cc1nc(N(C)CCN2CCCC2=O)c2c(CC(C)C)csc2n1. The summed E-state index contributed by atoms with van der Waals surface area (Å²) in [7, 11) is 2.07. The molecule has 5 nitrogen and oxygen atoms in total. The van der Waals surface area contributed by atoms with E-state index in [4.69, 9.17) is 4.98 Å². The number of amides is 1. The van der Waals surface area contributed by atoms with Crippen LogP contribution in [0.5, 0.6) is 0 Å². The molecular formula is C18H26N4OS. The highest BCUT2D eigenvalue weighted by molar-refractivity contribution is 7.17. The molecule has 3 heterocycles. The summed E-state index contributed by atoms with van der Waals surface area (Å²) in [6, 6.07) is 0. The normalized spacial score (nSPS) is 15.0. The van der Waals surface area contributed by atoms with E-state index in [9.17, 15) is 4.79 Å². The number of hydrogen-bond donors (Lipinski definition) is 0. The quantitative estimate of drug-likeness (QED) is 0.805. The first-order valence-electron chi connectivity index (χ1n) is 8.69. The fourth-order valence-electron chi connectivity index (χ4n) is 3.27. The van der Waals surface area contributed by atoms with Gasteiger partial charge in [0.2, 0.25) is 5.91 Å². The Morgan fingerprint density at radius 2 is 2.17 bits per heavy atom. The Bertz CT molecular complexity index is 740. The van der Waals surface area contributed by atoms with Crippen LogP contribution in [0.25, 0.3) is 10.2 Å². The van der Waals surface area contributed by atoms with Gasteiger partial charge in [0.25, 0.3) is 0 Å². The van der Waals surface area contributed by atoms with Gasteiger partial charge in [0.1, 0.15) is 16.5 Å². The number of fused-ring (bicyclic) bond motifs is 1. The third-order valence-electron chi connectivity index (χ3n) is 4.47. The number of aryl methyl sites for hydroxylation is 1. The molecule has 0 radical (unpaired) electrons. The van der Waals surface area contributed by atoms with Crippen molar-refractivity contribution in [3.05, 3.63) is 16.8 Å². The first-order chi connectivity index (χ1) is 11.5. The van der Waals surface area contributed by atoms with Crippen molar-refractivity contribution in [2.75, 3.05) is 31.6 Å². The Hall–Kier alpha value is -1.69. The molecule has 1 saturated heterocycles. The first-order valence-corrected chi connectivity index (χ1v) is 9.57. The van der Waals surface area contributed by atoms with Gasteiger partial charge in [-0.15, -0.1) is 11.3 Å². The Labute approximate surface area is 147 Å². The number of carbonyl (C=O) groups excluding carboxylic acids is 1. The number of anilines is 1. The largest absolute Gasteiger partial charge is 0.357 e. The first kappa shape index (κ1) is 17.1. The molecule has 24 heavy (non-hydrogen) atoms. The van der Waals surface area contributed by atoms with E-state index in [1.54, 1.807) is 11.3 Å². The van der Waals surface area contributed by atoms with E-state index in [1.165, 1.54) is 10.9 Å². The number of nitrogens with zero attached hydrogens (tertiary/aromatic N) is 4. The lowest BCUT2D eigenvalue weighted by atomic mass is 10.0. The van der Waals surface area contributed by atoms with E-state index < -0.39 is 0 Å². The number of thiophene rings is 1. The number of carbonyl (C=O) groups is 1. The zero-order chi connectivity index (χ0) is 17.3. The molecule has 6 heteroatoms. The second kappa shape index (κ2) is 7.05. The van der Waals surface area contributed by atoms with Crippen molar-refractivity contribution in [1.29, 1.82) is 0 Å². The van der Waals surface area contributed by atoms with E-state index in [1.807, 2.05) is 11.8 Å². The maximum absolute atomic E-state index is 11.8. The van der Waals surface area contributed by atoms with Gasteiger partial charge in [0.05, 0.1) is 5.39 Å². The lowest BCUT2D eigenvalue weighted by Gasteiger charge is -2.23. The molecule has 2 aromatic rings. The fraction of sp³-hybridized carbons (Fsp3) is 0.611. The van der Waals surface area contributed by atoms with E-state index in [-0.39, 0.29) is 5.91 Å². The fourth-order valence-corrected chi connectivity index (χ4v) is 4.26. The van der Waals surface area contributed by atoms with Crippen molar-refractivity contribution < 1.29 is 4.79 Å². The monoisotopic (exact) mass is 346 g/mol. The Kier molecular flexibility index (Phi) is 5.04. The molecule has 1 aliphatic rings. The zero-order valence-electron chi connectivity index (χ0n) is 15.0. The van der Waals surface area contributed by atoms with Crippen LogP contribution in [0.1, 0.15) is 38.1 Å². The highest BCUT2D eigenvalue weighted by atomic mass is 32.1. The van der Waals surface area contributed by atoms with Crippen LogP contribution < -0.4 is 4.90 Å². The molecule has 3 rings (SSSR count). The minimum Gasteiger partial charge on any atom is -0.357 e. The number of hydrogen-bond acceptors (Lipinski definition) is 5. The van der Waals surface area contributed by atoms with Crippen LogP contribution in [0.3, 0.4) is 0 Å². The molecular weight excluding hydrogens is 320 g/mol. The van der Waals surface area contributed by atoms with Crippen LogP contribution in [0.2, 0.25) is 0 Å². The van der Waals surface area contributed by atoms with Gasteiger partial charge in [-0.25, -0.2) is 9.97 Å². The maximum atomic E-state index is 11.8. The molecule has 1 amide bonds. The summed E-state index contributed by atoms with van der Waals surface area (Å²) in [6.07, 6.45) is 2.73. The van der Waals surface area contributed by atoms with Gasteiger partial charge in [0.15, 0.2) is 0 Å². The van der Waals surface area contributed by atoms with Crippen molar-refractivity contribution in [2.45, 2.75) is 40.0 Å². The molecule has 130 valence electrons. The zero-order valence-corrected chi connectivity index (χ0v) is 15.8. The molecule has 0 bridgehead atoms. The topological polar surface area (TPSA) is 49.3 Å². The lowest BCUT2D eigenvalue weighted by Crippen LogP contribution is -2.34. The molecule has 0 spiro atoms. The van der Waals surface area contributed by atoms with Gasteiger partial charge in [0, 0.05) is 33.1 Å². The van der Waals surface area contributed by atoms with Crippen molar-refractivity contribution >= 4 is 33.3 Å². The molecule has 0 saturated carbocycles. The van der Waals surface area contributed by atoms with Crippen LogP contribution in [0.4, 0.5) is 5.82 Å². The molecule has 2 aromatic heterocycles. The smallest absolute Gasteiger partial charge is 0.222 e. The molecule has 0 aliphatic carbocycles. The van der Waals surface area contributed by atoms with Crippen molar-refractivity contribution in [2.24, 2.45) is 5.92 Å². The molecule has 0 atom stereocenters. The van der Waals surface area contributed by atoms with Crippen LogP contribution in [-0.2, 0) is 11.2 Å². The summed E-state index contributed by atoms with van der Waals surface area (Å²) in [5.74, 6) is 2.69. The predicted molar refractivity (Wildman–Crippen MR) is 99.8 cm³/mol. The third-order valence-corrected chi connectivity index (χ3v) is 5.39.